The summed E-state index contributed by atoms with van der Waals surface area (Å²) >= 11 is 0. The first-order chi connectivity index (χ1) is 12.1. The molecule has 4 rings (SSSR count). The first-order valence-electron chi connectivity index (χ1n) is 9.15. The third kappa shape index (κ3) is 3.31. The van der Waals surface area contributed by atoms with Crippen molar-refractivity contribution in [2.45, 2.75) is 57.8 Å². The molecule has 2 heterocycles. The van der Waals surface area contributed by atoms with E-state index in [2.05, 4.69) is 38.8 Å². The number of amides is 1. The van der Waals surface area contributed by atoms with Gasteiger partial charge in [-0.15, -0.1) is 10.2 Å². The Bertz CT molecular complexity index is 750. The van der Waals surface area contributed by atoms with E-state index in [0.717, 1.165) is 43.1 Å². The van der Waals surface area contributed by atoms with Crippen LogP contribution in [0.15, 0.2) is 30.3 Å². The minimum absolute atomic E-state index is 0.103. The molecule has 1 saturated carbocycles. The van der Waals surface area contributed by atoms with Crippen molar-refractivity contribution in [1.29, 1.82) is 0 Å². The van der Waals surface area contributed by atoms with Crippen molar-refractivity contribution >= 4 is 5.91 Å². The van der Waals surface area contributed by atoms with E-state index in [1.165, 1.54) is 0 Å². The third-order valence-electron chi connectivity index (χ3n) is 4.98. The number of nitrogens with zero attached hydrogens (tertiary/aromatic N) is 4. The molecule has 1 atom stereocenters. The lowest BCUT2D eigenvalue weighted by molar-refractivity contribution is -0.127. The molecular formula is C19H25N5O. The Hall–Kier alpha value is -2.21. The van der Waals surface area contributed by atoms with E-state index in [-0.39, 0.29) is 11.9 Å². The highest BCUT2D eigenvalue weighted by molar-refractivity contribution is 5.83. The van der Waals surface area contributed by atoms with Gasteiger partial charge >= 0.3 is 0 Å². The Morgan fingerprint density at radius 2 is 1.92 bits per heavy atom. The largest absolute Gasteiger partial charge is 0.352 e. The van der Waals surface area contributed by atoms with E-state index in [4.69, 9.17) is 0 Å². The highest BCUT2D eigenvalue weighted by atomic mass is 16.2. The van der Waals surface area contributed by atoms with Gasteiger partial charge in [-0.05, 0) is 18.4 Å². The van der Waals surface area contributed by atoms with E-state index in [9.17, 15) is 4.79 Å². The molecule has 0 radical (unpaired) electrons. The summed E-state index contributed by atoms with van der Waals surface area (Å²) < 4.78 is 2.21. The first-order valence-corrected chi connectivity index (χ1v) is 9.15. The molecule has 1 N–H and O–H groups in total. The summed E-state index contributed by atoms with van der Waals surface area (Å²) in [6, 6.07) is 10.1. The van der Waals surface area contributed by atoms with Gasteiger partial charge in [-0.1, -0.05) is 44.2 Å². The van der Waals surface area contributed by atoms with Crippen LogP contribution in [-0.2, 0) is 17.9 Å². The van der Waals surface area contributed by atoms with E-state index >= 15 is 0 Å². The molecule has 1 amide bonds. The summed E-state index contributed by atoms with van der Waals surface area (Å²) in [6.07, 6.45) is 2.19. The van der Waals surface area contributed by atoms with Gasteiger partial charge in [-0.2, -0.15) is 0 Å². The van der Waals surface area contributed by atoms with Crippen LogP contribution in [-0.4, -0.2) is 38.2 Å². The zero-order valence-electron chi connectivity index (χ0n) is 14.9. The number of hydrogen-bond donors (Lipinski definition) is 1. The lowest BCUT2D eigenvalue weighted by Crippen LogP contribution is -2.44. The van der Waals surface area contributed by atoms with Gasteiger partial charge in [0.1, 0.15) is 17.7 Å². The molecule has 1 aliphatic heterocycles. The standard InChI is InChI=1S/C19H25N5O/c1-13(2)18-22-21-16-12-23(10-11-24(16)18)17(14-6-4-3-5-7-14)19(25)20-15-8-9-15/h3-7,13,15,17H,8-12H2,1-2H3,(H,20,25)/t17-/m1/s1. The van der Waals surface area contributed by atoms with Gasteiger partial charge in [0.2, 0.25) is 5.91 Å². The monoisotopic (exact) mass is 339 g/mol. The minimum Gasteiger partial charge on any atom is -0.352 e. The molecule has 0 bridgehead atoms. The van der Waals surface area contributed by atoms with Crippen LogP contribution in [0.2, 0.25) is 0 Å². The molecule has 132 valence electrons. The van der Waals surface area contributed by atoms with Gasteiger partial charge in [-0.3, -0.25) is 9.69 Å². The van der Waals surface area contributed by atoms with Crippen LogP contribution in [0, 0.1) is 0 Å². The SMILES string of the molecule is CC(C)c1nnc2n1CCN([C@@H](C(=O)NC1CC1)c1ccccc1)C2. The molecule has 0 saturated heterocycles. The van der Waals surface area contributed by atoms with Gasteiger partial charge in [0.25, 0.3) is 0 Å². The fourth-order valence-electron chi connectivity index (χ4n) is 3.52. The van der Waals surface area contributed by atoms with Crippen molar-refractivity contribution in [2.75, 3.05) is 6.54 Å². The number of hydrogen-bond acceptors (Lipinski definition) is 4. The smallest absolute Gasteiger partial charge is 0.242 e. The lowest BCUT2D eigenvalue weighted by atomic mass is 10.0. The van der Waals surface area contributed by atoms with E-state index in [1.54, 1.807) is 0 Å². The average molecular weight is 339 g/mol. The molecule has 2 aromatic rings. The molecule has 1 aliphatic carbocycles. The topological polar surface area (TPSA) is 63.1 Å². The van der Waals surface area contributed by atoms with Crippen molar-refractivity contribution in [3.63, 3.8) is 0 Å². The summed E-state index contributed by atoms with van der Waals surface area (Å²) in [6.45, 7) is 6.58. The van der Waals surface area contributed by atoms with E-state index in [0.29, 0.717) is 18.5 Å². The zero-order valence-corrected chi connectivity index (χ0v) is 14.9. The van der Waals surface area contributed by atoms with Crippen molar-refractivity contribution in [3.05, 3.63) is 47.5 Å². The fraction of sp³-hybridized carbons (Fsp3) is 0.526. The predicted molar refractivity (Wildman–Crippen MR) is 94.9 cm³/mol. The van der Waals surface area contributed by atoms with Gasteiger partial charge in [0.05, 0.1) is 6.54 Å². The molecule has 6 heteroatoms. The minimum atomic E-state index is -0.269. The second-order valence-corrected chi connectivity index (χ2v) is 7.35. The van der Waals surface area contributed by atoms with Crippen LogP contribution in [0.5, 0.6) is 0 Å². The number of carbonyl (C=O) groups excluding carboxylic acids is 1. The van der Waals surface area contributed by atoms with E-state index in [1.807, 2.05) is 30.3 Å². The second kappa shape index (κ2) is 6.59. The Morgan fingerprint density at radius 1 is 1.16 bits per heavy atom. The van der Waals surface area contributed by atoms with Crippen molar-refractivity contribution < 1.29 is 4.79 Å². The van der Waals surface area contributed by atoms with Gasteiger partial charge in [0.15, 0.2) is 0 Å². The highest BCUT2D eigenvalue weighted by Gasteiger charge is 2.34. The second-order valence-electron chi connectivity index (χ2n) is 7.35. The maximum Gasteiger partial charge on any atom is 0.242 e. The lowest BCUT2D eigenvalue weighted by Gasteiger charge is -2.34. The number of aromatic nitrogens is 3. The van der Waals surface area contributed by atoms with Crippen LogP contribution in [0.25, 0.3) is 0 Å². The molecule has 1 fully saturated rings. The number of fused-ring (bicyclic) bond motifs is 1. The molecule has 25 heavy (non-hydrogen) atoms. The van der Waals surface area contributed by atoms with Crippen LogP contribution in [0.4, 0.5) is 0 Å². The molecular weight excluding hydrogens is 314 g/mol. The number of rotatable bonds is 5. The fourth-order valence-corrected chi connectivity index (χ4v) is 3.52. The molecule has 0 unspecified atom stereocenters. The quantitative estimate of drug-likeness (QED) is 0.907. The maximum atomic E-state index is 12.9. The van der Waals surface area contributed by atoms with Gasteiger partial charge < -0.3 is 9.88 Å². The third-order valence-corrected chi connectivity index (χ3v) is 4.98. The molecule has 1 aromatic heterocycles. The van der Waals surface area contributed by atoms with Crippen molar-refractivity contribution in [2.24, 2.45) is 0 Å². The Morgan fingerprint density at radius 3 is 2.60 bits per heavy atom. The average Bonchev–Trinajstić information content (AvgIpc) is 3.31. The predicted octanol–water partition coefficient (Wildman–Crippen LogP) is 2.24. The van der Waals surface area contributed by atoms with Crippen LogP contribution >= 0.6 is 0 Å². The number of benzene rings is 1. The van der Waals surface area contributed by atoms with Crippen LogP contribution < -0.4 is 5.32 Å². The summed E-state index contributed by atoms with van der Waals surface area (Å²) in [5, 5.41) is 11.9. The Balaban J connectivity index is 1.60. The van der Waals surface area contributed by atoms with Crippen LogP contribution in [0.1, 0.15) is 55.9 Å². The summed E-state index contributed by atoms with van der Waals surface area (Å²) in [4.78, 5) is 15.1. The van der Waals surface area contributed by atoms with E-state index < -0.39 is 0 Å². The summed E-state index contributed by atoms with van der Waals surface area (Å²) in [5.74, 6) is 2.45. The van der Waals surface area contributed by atoms with Gasteiger partial charge in [0, 0.05) is 25.0 Å². The highest BCUT2D eigenvalue weighted by Crippen LogP contribution is 2.28. The molecule has 2 aliphatic rings. The van der Waals surface area contributed by atoms with Crippen molar-refractivity contribution in [1.82, 2.24) is 25.0 Å². The summed E-state index contributed by atoms with van der Waals surface area (Å²) in [5.41, 5.74) is 1.04. The Kier molecular flexibility index (Phi) is 4.29. The summed E-state index contributed by atoms with van der Waals surface area (Å²) in [7, 11) is 0. The Labute approximate surface area is 148 Å². The van der Waals surface area contributed by atoms with Gasteiger partial charge in [-0.25, -0.2) is 0 Å². The molecule has 1 aromatic carbocycles. The maximum absolute atomic E-state index is 12.9. The molecule has 6 nitrogen and oxygen atoms in total. The van der Waals surface area contributed by atoms with Crippen molar-refractivity contribution in [3.8, 4) is 0 Å². The zero-order chi connectivity index (χ0) is 17.4. The first kappa shape index (κ1) is 16.3. The number of carbonyl (C=O) groups is 1. The van der Waals surface area contributed by atoms with Crippen LogP contribution in [0.3, 0.4) is 0 Å². The number of nitrogens with one attached hydrogen (secondary N) is 1. The normalized spacial score (nSPS) is 18.8. The molecule has 0 spiro atoms.